The number of rotatable bonds is 8. The first-order chi connectivity index (χ1) is 14.0. The van der Waals surface area contributed by atoms with Gasteiger partial charge in [0.1, 0.15) is 5.75 Å². The van der Waals surface area contributed by atoms with Crippen LogP contribution in [0.1, 0.15) is 53.6 Å². The van der Waals surface area contributed by atoms with Crippen LogP contribution in [0.2, 0.25) is 0 Å². The van der Waals surface area contributed by atoms with Crippen molar-refractivity contribution in [2.24, 2.45) is 23.5 Å². The molecule has 4 rings (SSSR count). The molecule has 154 valence electrons. The number of nitrogens with two attached hydrogens (primary N) is 1. The number of carbonyl (C=O) groups is 1. The van der Waals surface area contributed by atoms with Crippen LogP contribution in [-0.2, 0) is 6.54 Å². The Bertz CT molecular complexity index is 867. The standard InChI is InChI=1S/C25H32N2O2/c1-4-18(19-10-6-7-11-20(19)25(26)28)24-21-13-17(14-22(21)24)29-23-12-8-5-9-16(23)15-27(2)3/h5-12,17-18,21-22,24H,4,13-15H2,1-3H3,(H2,26,28)/t17?,18-,21+,22+,24?/m1/s1. The molecule has 2 aliphatic carbocycles. The van der Waals surface area contributed by atoms with Crippen molar-refractivity contribution >= 4 is 5.91 Å². The molecule has 2 fully saturated rings. The average Bonchev–Trinajstić information content (AvgIpc) is 3.17. The summed E-state index contributed by atoms with van der Waals surface area (Å²) in [5.74, 6) is 3.17. The Labute approximate surface area is 174 Å². The monoisotopic (exact) mass is 392 g/mol. The van der Waals surface area contributed by atoms with E-state index >= 15 is 0 Å². The number of benzene rings is 2. The maximum absolute atomic E-state index is 11.9. The fraction of sp³-hybridized carbons (Fsp3) is 0.480. The van der Waals surface area contributed by atoms with Crippen molar-refractivity contribution in [1.82, 2.24) is 4.90 Å². The van der Waals surface area contributed by atoms with Crippen LogP contribution in [0, 0.1) is 17.8 Å². The van der Waals surface area contributed by atoms with E-state index in [0.717, 1.165) is 37.1 Å². The molecule has 2 saturated carbocycles. The molecule has 4 nitrogen and oxygen atoms in total. The van der Waals surface area contributed by atoms with Crippen molar-refractivity contribution in [3.63, 3.8) is 0 Å². The lowest BCUT2D eigenvalue weighted by molar-refractivity contribution is 0.0998. The van der Waals surface area contributed by atoms with Crippen LogP contribution in [0.25, 0.3) is 0 Å². The van der Waals surface area contributed by atoms with Crippen LogP contribution >= 0.6 is 0 Å². The lowest BCUT2D eigenvalue weighted by Crippen LogP contribution is -2.21. The van der Waals surface area contributed by atoms with Crippen LogP contribution in [-0.4, -0.2) is 31.0 Å². The number of carbonyl (C=O) groups excluding carboxylic acids is 1. The predicted molar refractivity (Wildman–Crippen MR) is 116 cm³/mol. The van der Waals surface area contributed by atoms with Gasteiger partial charge in [0.2, 0.25) is 5.91 Å². The third kappa shape index (κ3) is 4.04. The number of hydrogen-bond acceptors (Lipinski definition) is 3. The Hall–Kier alpha value is -2.33. The highest BCUT2D eigenvalue weighted by Gasteiger charge is 2.59. The average molecular weight is 393 g/mol. The molecule has 0 unspecified atom stereocenters. The van der Waals surface area contributed by atoms with E-state index in [0.29, 0.717) is 35.3 Å². The van der Waals surface area contributed by atoms with Crippen LogP contribution < -0.4 is 10.5 Å². The number of fused-ring (bicyclic) bond motifs is 1. The molecule has 4 heteroatoms. The fourth-order valence-electron chi connectivity index (χ4n) is 5.55. The molecule has 0 saturated heterocycles. The van der Waals surface area contributed by atoms with Gasteiger partial charge in [-0.2, -0.15) is 0 Å². The van der Waals surface area contributed by atoms with Crippen molar-refractivity contribution in [3.8, 4) is 5.75 Å². The van der Waals surface area contributed by atoms with E-state index in [-0.39, 0.29) is 5.91 Å². The second kappa shape index (κ2) is 8.19. The summed E-state index contributed by atoms with van der Waals surface area (Å²) in [6.07, 6.45) is 3.56. The summed E-state index contributed by atoms with van der Waals surface area (Å²) in [7, 11) is 4.17. The molecule has 0 spiro atoms. The van der Waals surface area contributed by atoms with Gasteiger partial charge in [0.05, 0.1) is 6.10 Å². The molecule has 0 bridgehead atoms. The molecular weight excluding hydrogens is 360 g/mol. The molecule has 2 aromatic carbocycles. The number of amides is 1. The van der Waals surface area contributed by atoms with Gasteiger partial charge in [-0.1, -0.05) is 43.3 Å². The minimum absolute atomic E-state index is 0.299. The summed E-state index contributed by atoms with van der Waals surface area (Å²) >= 11 is 0. The summed E-state index contributed by atoms with van der Waals surface area (Å²) in [4.78, 5) is 14.1. The van der Waals surface area contributed by atoms with E-state index in [9.17, 15) is 4.79 Å². The first kappa shape index (κ1) is 20.0. The van der Waals surface area contributed by atoms with Crippen LogP contribution in [0.4, 0.5) is 0 Å². The summed E-state index contributed by atoms with van der Waals surface area (Å²) in [5.41, 5.74) is 8.71. The van der Waals surface area contributed by atoms with Crippen molar-refractivity contribution in [1.29, 1.82) is 0 Å². The third-order valence-electron chi connectivity index (χ3n) is 6.75. The molecule has 0 radical (unpaired) electrons. The van der Waals surface area contributed by atoms with Crippen molar-refractivity contribution in [2.75, 3.05) is 14.1 Å². The predicted octanol–water partition coefficient (Wildman–Crippen LogP) is 4.44. The van der Waals surface area contributed by atoms with E-state index in [1.54, 1.807) is 0 Å². The van der Waals surface area contributed by atoms with Gasteiger partial charge in [0, 0.05) is 17.7 Å². The highest BCUT2D eigenvalue weighted by molar-refractivity contribution is 5.94. The molecular formula is C25H32N2O2. The zero-order valence-corrected chi connectivity index (χ0v) is 17.7. The number of primary amides is 1. The quantitative estimate of drug-likeness (QED) is 0.722. The van der Waals surface area contributed by atoms with Gasteiger partial charge >= 0.3 is 0 Å². The molecule has 29 heavy (non-hydrogen) atoms. The number of ether oxygens (including phenoxy) is 1. The second-order valence-corrected chi connectivity index (χ2v) is 8.93. The summed E-state index contributed by atoms with van der Waals surface area (Å²) in [6, 6.07) is 16.3. The van der Waals surface area contributed by atoms with Crippen LogP contribution in [0.5, 0.6) is 5.75 Å². The Morgan fingerprint density at radius 3 is 2.41 bits per heavy atom. The first-order valence-corrected chi connectivity index (χ1v) is 10.8. The molecule has 2 N–H and O–H groups in total. The Kier molecular flexibility index (Phi) is 5.64. The van der Waals surface area contributed by atoms with Gasteiger partial charge in [-0.25, -0.2) is 0 Å². The molecule has 1 amide bonds. The Morgan fingerprint density at radius 2 is 1.76 bits per heavy atom. The fourth-order valence-corrected chi connectivity index (χ4v) is 5.55. The van der Waals surface area contributed by atoms with Crippen LogP contribution in [0.15, 0.2) is 48.5 Å². The van der Waals surface area contributed by atoms with Crippen molar-refractivity contribution in [3.05, 3.63) is 65.2 Å². The molecule has 0 aromatic heterocycles. The van der Waals surface area contributed by atoms with Gasteiger partial charge in [0.15, 0.2) is 0 Å². The zero-order chi connectivity index (χ0) is 20.5. The van der Waals surface area contributed by atoms with Gasteiger partial charge < -0.3 is 15.4 Å². The highest BCUT2D eigenvalue weighted by Crippen LogP contribution is 2.64. The first-order valence-electron chi connectivity index (χ1n) is 10.8. The van der Waals surface area contributed by atoms with Crippen molar-refractivity contribution < 1.29 is 9.53 Å². The number of nitrogens with zero attached hydrogens (tertiary/aromatic N) is 1. The molecule has 0 aliphatic heterocycles. The highest BCUT2D eigenvalue weighted by atomic mass is 16.5. The van der Waals surface area contributed by atoms with E-state index in [1.807, 2.05) is 18.2 Å². The Morgan fingerprint density at radius 1 is 1.10 bits per heavy atom. The SMILES string of the molecule is CC[C@H](c1ccccc1C(N)=O)C1[C@H]2CC(Oc3ccccc3CN(C)C)C[C@H]12. The minimum Gasteiger partial charge on any atom is -0.490 e. The van der Waals surface area contributed by atoms with E-state index in [4.69, 9.17) is 10.5 Å². The van der Waals surface area contributed by atoms with Gasteiger partial charge in [-0.05, 0) is 74.7 Å². The zero-order valence-electron chi connectivity index (χ0n) is 17.7. The molecule has 2 aromatic rings. The summed E-state index contributed by atoms with van der Waals surface area (Å²) in [6.45, 7) is 3.11. The van der Waals surface area contributed by atoms with Gasteiger partial charge in [-0.3, -0.25) is 4.79 Å². The molecule has 2 aliphatic rings. The normalized spacial score (nSPS) is 24.3. The smallest absolute Gasteiger partial charge is 0.248 e. The largest absolute Gasteiger partial charge is 0.490 e. The lowest BCUT2D eigenvalue weighted by Gasteiger charge is -2.24. The number of para-hydroxylation sites is 1. The van der Waals surface area contributed by atoms with Crippen LogP contribution in [0.3, 0.4) is 0 Å². The second-order valence-electron chi connectivity index (χ2n) is 8.93. The van der Waals surface area contributed by atoms with E-state index < -0.39 is 0 Å². The van der Waals surface area contributed by atoms with Crippen molar-refractivity contribution in [2.45, 2.75) is 44.8 Å². The van der Waals surface area contributed by atoms with E-state index in [1.165, 1.54) is 5.56 Å². The lowest BCUT2D eigenvalue weighted by atomic mass is 9.84. The summed E-state index contributed by atoms with van der Waals surface area (Å²) < 4.78 is 6.44. The van der Waals surface area contributed by atoms with Gasteiger partial charge in [0.25, 0.3) is 0 Å². The topological polar surface area (TPSA) is 55.6 Å². The number of hydrogen-bond donors (Lipinski definition) is 1. The molecule has 0 heterocycles. The van der Waals surface area contributed by atoms with E-state index in [2.05, 4.69) is 56.3 Å². The minimum atomic E-state index is -0.316. The third-order valence-corrected chi connectivity index (χ3v) is 6.75. The summed E-state index contributed by atoms with van der Waals surface area (Å²) in [5, 5.41) is 0. The maximum atomic E-state index is 11.9. The maximum Gasteiger partial charge on any atom is 0.248 e. The Balaban J connectivity index is 1.42. The van der Waals surface area contributed by atoms with Gasteiger partial charge in [-0.15, -0.1) is 0 Å². The molecule has 3 atom stereocenters.